The summed E-state index contributed by atoms with van der Waals surface area (Å²) in [7, 11) is 0. The van der Waals surface area contributed by atoms with E-state index in [1.165, 1.54) is 18.2 Å². The van der Waals surface area contributed by atoms with Crippen molar-refractivity contribution < 1.29 is 24.7 Å². The largest absolute Gasteiger partial charge is 0.393 e. The summed E-state index contributed by atoms with van der Waals surface area (Å²) >= 11 is 11.6. The van der Waals surface area contributed by atoms with Gasteiger partial charge in [-0.3, -0.25) is 4.89 Å². The molecule has 0 saturated heterocycles. The molecule has 0 aliphatic rings. The zero-order chi connectivity index (χ0) is 15.3. The van der Waals surface area contributed by atoms with Gasteiger partial charge in [-0.1, -0.05) is 23.2 Å². The van der Waals surface area contributed by atoms with Crippen LogP contribution in [0.4, 0.5) is 0 Å². The van der Waals surface area contributed by atoms with Crippen molar-refractivity contribution in [3.63, 3.8) is 0 Å². The lowest BCUT2D eigenvalue weighted by Crippen LogP contribution is -2.29. The fourth-order valence-corrected chi connectivity index (χ4v) is 2.07. The number of carbonyl (C=O) groups excluding carboxylic acids is 1. The lowest BCUT2D eigenvalue weighted by molar-refractivity contribution is -0.513. The number of carbonyl (C=O) groups is 1. The first-order chi connectivity index (χ1) is 9.21. The summed E-state index contributed by atoms with van der Waals surface area (Å²) in [6, 6.07) is 4.33. The Bertz CT molecular complexity index is 474. The van der Waals surface area contributed by atoms with Crippen LogP contribution in [0.3, 0.4) is 0 Å². The Morgan fingerprint density at radius 2 is 2.05 bits per heavy atom. The van der Waals surface area contributed by atoms with Crippen molar-refractivity contribution in [2.75, 3.05) is 0 Å². The van der Waals surface area contributed by atoms with Crippen LogP contribution in [-0.4, -0.2) is 22.8 Å². The van der Waals surface area contributed by atoms with Crippen LogP contribution in [0.15, 0.2) is 18.2 Å². The molecular weight excluding hydrogens is 307 g/mol. The maximum absolute atomic E-state index is 11.7. The standard InChI is InChI=1S/C13H16Cl2O5/c1-8(16)7-13(2,3)19-20-18-12(17)10-5-4-9(14)6-11(10)15/h4-6,8,16H,7H2,1-3H3. The van der Waals surface area contributed by atoms with Gasteiger partial charge in [-0.05, 0) is 44.0 Å². The number of rotatable bonds is 6. The van der Waals surface area contributed by atoms with Crippen molar-refractivity contribution in [3.05, 3.63) is 33.8 Å². The minimum atomic E-state index is -0.807. The van der Waals surface area contributed by atoms with E-state index in [9.17, 15) is 9.90 Å². The monoisotopic (exact) mass is 322 g/mol. The van der Waals surface area contributed by atoms with Crippen LogP contribution in [-0.2, 0) is 14.8 Å². The Kier molecular flexibility index (Phi) is 6.23. The first-order valence-electron chi connectivity index (χ1n) is 5.91. The topological polar surface area (TPSA) is 65.0 Å². The SMILES string of the molecule is CC(O)CC(C)(C)OOOC(=O)c1ccc(Cl)cc1Cl. The highest BCUT2D eigenvalue weighted by molar-refractivity contribution is 6.36. The van der Waals surface area contributed by atoms with Gasteiger partial charge in [-0.2, -0.15) is 4.89 Å². The Morgan fingerprint density at radius 3 is 2.60 bits per heavy atom. The summed E-state index contributed by atoms with van der Waals surface area (Å²) < 4.78 is 0. The highest BCUT2D eigenvalue weighted by Gasteiger charge is 2.24. The first-order valence-corrected chi connectivity index (χ1v) is 6.66. The number of aliphatic hydroxyl groups excluding tert-OH is 1. The maximum atomic E-state index is 11.7. The van der Waals surface area contributed by atoms with Crippen LogP contribution >= 0.6 is 23.2 Å². The van der Waals surface area contributed by atoms with Gasteiger partial charge < -0.3 is 5.11 Å². The van der Waals surface area contributed by atoms with Gasteiger partial charge in [0.2, 0.25) is 0 Å². The fourth-order valence-electron chi connectivity index (χ4n) is 1.59. The van der Waals surface area contributed by atoms with Crippen LogP contribution < -0.4 is 0 Å². The summed E-state index contributed by atoms with van der Waals surface area (Å²) in [4.78, 5) is 21.1. The van der Waals surface area contributed by atoms with Crippen molar-refractivity contribution in [3.8, 4) is 0 Å². The van der Waals surface area contributed by atoms with Crippen LogP contribution in [0.2, 0.25) is 10.0 Å². The van der Waals surface area contributed by atoms with E-state index in [1.54, 1.807) is 20.8 Å². The van der Waals surface area contributed by atoms with E-state index >= 15 is 0 Å². The Balaban J connectivity index is 2.51. The van der Waals surface area contributed by atoms with Gasteiger partial charge in [0.1, 0.15) is 5.60 Å². The number of hydrogen-bond donors (Lipinski definition) is 1. The lowest BCUT2D eigenvalue weighted by atomic mass is 10.0. The highest BCUT2D eigenvalue weighted by Crippen LogP contribution is 2.22. The van der Waals surface area contributed by atoms with Gasteiger partial charge in [0, 0.05) is 11.4 Å². The summed E-state index contributed by atoms with van der Waals surface area (Å²) in [6.45, 7) is 4.98. The van der Waals surface area contributed by atoms with Crippen LogP contribution in [0.5, 0.6) is 0 Å². The van der Waals surface area contributed by atoms with Gasteiger partial charge in [0.15, 0.2) is 0 Å². The zero-order valence-corrected chi connectivity index (χ0v) is 12.9. The quantitative estimate of drug-likeness (QED) is 0.640. The average molecular weight is 323 g/mol. The molecule has 0 fully saturated rings. The molecule has 0 heterocycles. The van der Waals surface area contributed by atoms with E-state index in [4.69, 9.17) is 28.1 Å². The second kappa shape index (κ2) is 7.24. The van der Waals surface area contributed by atoms with Gasteiger partial charge >= 0.3 is 5.97 Å². The third-order valence-electron chi connectivity index (χ3n) is 2.31. The number of hydrogen-bond acceptors (Lipinski definition) is 5. The summed E-state index contributed by atoms with van der Waals surface area (Å²) in [5.74, 6) is -0.806. The molecule has 1 aromatic carbocycles. The lowest BCUT2D eigenvalue weighted by Gasteiger charge is -2.23. The second-order valence-corrected chi connectivity index (χ2v) is 5.80. The highest BCUT2D eigenvalue weighted by atomic mass is 35.5. The van der Waals surface area contributed by atoms with E-state index in [0.717, 1.165) is 0 Å². The van der Waals surface area contributed by atoms with Crippen molar-refractivity contribution >= 4 is 29.2 Å². The van der Waals surface area contributed by atoms with Gasteiger partial charge in [-0.15, -0.1) is 0 Å². The third-order valence-corrected chi connectivity index (χ3v) is 2.86. The molecule has 1 rings (SSSR count). The molecule has 0 amide bonds. The van der Waals surface area contributed by atoms with Gasteiger partial charge in [0.25, 0.3) is 0 Å². The molecule has 0 radical (unpaired) electrons. The molecule has 20 heavy (non-hydrogen) atoms. The molecule has 0 spiro atoms. The van der Waals surface area contributed by atoms with Crippen molar-refractivity contribution in [1.29, 1.82) is 0 Å². The minimum Gasteiger partial charge on any atom is -0.393 e. The zero-order valence-electron chi connectivity index (χ0n) is 11.4. The van der Waals surface area contributed by atoms with Crippen molar-refractivity contribution in [2.45, 2.75) is 38.9 Å². The predicted molar refractivity (Wildman–Crippen MR) is 74.4 cm³/mol. The molecule has 0 saturated carbocycles. The molecule has 5 nitrogen and oxygen atoms in total. The summed E-state index contributed by atoms with van der Waals surface area (Å²) in [6.07, 6.45) is -0.262. The normalized spacial score (nSPS) is 13.1. The second-order valence-electron chi connectivity index (χ2n) is 4.96. The van der Waals surface area contributed by atoms with Gasteiger partial charge in [0.05, 0.1) is 16.7 Å². The molecule has 0 aliphatic carbocycles. The Morgan fingerprint density at radius 1 is 1.40 bits per heavy atom. The first kappa shape index (κ1) is 17.2. The minimum absolute atomic E-state index is 0.105. The summed E-state index contributed by atoms with van der Waals surface area (Å²) in [5, 5.41) is 14.3. The molecule has 7 heteroatoms. The van der Waals surface area contributed by atoms with E-state index in [0.29, 0.717) is 11.4 Å². The van der Waals surface area contributed by atoms with E-state index in [1.807, 2.05) is 0 Å². The van der Waals surface area contributed by atoms with Crippen molar-refractivity contribution in [1.82, 2.24) is 0 Å². The Labute approximate surface area is 127 Å². The predicted octanol–water partition coefficient (Wildman–Crippen LogP) is 3.56. The molecule has 0 aliphatic heterocycles. The van der Waals surface area contributed by atoms with E-state index in [2.05, 4.69) is 9.93 Å². The third kappa shape index (κ3) is 5.64. The van der Waals surface area contributed by atoms with E-state index < -0.39 is 17.7 Å². The molecule has 0 bridgehead atoms. The van der Waals surface area contributed by atoms with Crippen LogP contribution in [0, 0.1) is 0 Å². The van der Waals surface area contributed by atoms with Crippen LogP contribution in [0.25, 0.3) is 0 Å². The maximum Gasteiger partial charge on any atom is 0.377 e. The molecule has 0 aromatic heterocycles. The number of benzene rings is 1. The van der Waals surface area contributed by atoms with E-state index in [-0.39, 0.29) is 10.6 Å². The fraction of sp³-hybridized carbons (Fsp3) is 0.462. The summed E-state index contributed by atoms with van der Waals surface area (Å²) in [5.41, 5.74) is -0.703. The Hall–Kier alpha value is -0.850. The van der Waals surface area contributed by atoms with Gasteiger partial charge in [-0.25, -0.2) is 4.79 Å². The molecule has 112 valence electrons. The smallest absolute Gasteiger partial charge is 0.377 e. The average Bonchev–Trinajstić information content (AvgIpc) is 2.26. The molecule has 1 N–H and O–H groups in total. The van der Waals surface area contributed by atoms with Crippen molar-refractivity contribution in [2.24, 2.45) is 0 Å². The molecule has 1 aromatic rings. The number of aliphatic hydroxyl groups is 1. The molecule has 1 unspecified atom stereocenters. The van der Waals surface area contributed by atoms with Crippen LogP contribution in [0.1, 0.15) is 37.6 Å². The number of halogens is 2. The molecule has 1 atom stereocenters. The molecular formula is C13H16Cl2O5.